The Morgan fingerprint density at radius 3 is 2.46 bits per heavy atom. The van der Waals surface area contributed by atoms with Gasteiger partial charge in [0.15, 0.2) is 0 Å². The Balaban J connectivity index is 2.15. The first kappa shape index (κ1) is 19.6. The van der Waals surface area contributed by atoms with E-state index < -0.39 is 10.0 Å². The molecule has 0 saturated heterocycles. The van der Waals surface area contributed by atoms with Crippen LogP contribution >= 0.6 is 22.9 Å². The van der Waals surface area contributed by atoms with Gasteiger partial charge in [-0.15, -0.1) is 15.7 Å². The van der Waals surface area contributed by atoms with Gasteiger partial charge in [0.2, 0.25) is 4.80 Å². The second kappa shape index (κ2) is 6.80. The highest BCUT2D eigenvalue weighted by atomic mass is 35.5. The van der Waals surface area contributed by atoms with Crippen LogP contribution in [0.5, 0.6) is 0 Å². The van der Waals surface area contributed by atoms with Gasteiger partial charge >= 0.3 is 0 Å². The van der Waals surface area contributed by atoms with Gasteiger partial charge < -0.3 is 4.57 Å². The van der Waals surface area contributed by atoms with Crippen LogP contribution < -0.4 is 4.80 Å². The summed E-state index contributed by atoms with van der Waals surface area (Å²) in [7, 11) is -3.81. The zero-order valence-electron chi connectivity index (χ0n) is 15.8. The van der Waals surface area contributed by atoms with Gasteiger partial charge in [0, 0.05) is 22.1 Å². The molecule has 26 heavy (non-hydrogen) atoms. The Bertz CT molecular complexity index is 1010. The zero-order chi connectivity index (χ0) is 19.3. The molecule has 4 nitrogen and oxygen atoms in total. The van der Waals surface area contributed by atoms with Crippen LogP contribution in [-0.4, -0.2) is 13.0 Å². The van der Waals surface area contributed by atoms with Crippen molar-refractivity contribution in [1.82, 2.24) is 4.57 Å². The van der Waals surface area contributed by atoms with Gasteiger partial charge in [-0.1, -0.05) is 38.4 Å². The summed E-state index contributed by atoms with van der Waals surface area (Å²) in [5.74, 6) is 0.631. The highest BCUT2D eigenvalue weighted by molar-refractivity contribution is 7.90. The fourth-order valence-corrected chi connectivity index (χ4v) is 5.59. The van der Waals surface area contributed by atoms with E-state index in [0.717, 1.165) is 17.8 Å². The van der Waals surface area contributed by atoms with Gasteiger partial charge in [0.1, 0.15) is 0 Å². The highest BCUT2D eigenvalue weighted by Gasteiger charge is 2.27. The van der Waals surface area contributed by atoms with Crippen molar-refractivity contribution in [2.45, 2.75) is 64.3 Å². The van der Waals surface area contributed by atoms with Crippen molar-refractivity contribution in [2.24, 2.45) is 10.3 Å². The number of hydrogen-bond donors (Lipinski definition) is 0. The summed E-state index contributed by atoms with van der Waals surface area (Å²) in [4.78, 5) is 1.86. The second-order valence-electron chi connectivity index (χ2n) is 8.08. The fraction of sp³-hybridized carbons (Fsp3) is 0.526. The van der Waals surface area contributed by atoms with E-state index in [1.807, 2.05) is 6.92 Å². The van der Waals surface area contributed by atoms with Crippen molar-refractivity contribution < 1.29 is 8.42 Å². The van der Waals surface area contributed by atoms with Crippen LogP contribution in [0.2, 0.25) is 5.02 Å². The van der Waals surface area contributed by atoms with E-state index in [1.165, 1.54) is 35.1 Å². The maximum atomic E-state index is 12.9. The first-order valence-electron chi connectivity index (χ1n) is 8.77. The molecule has 2 aromatic rings. The number of sulfonamides is 1. The van der Waals surface area contributed by atoms with Gasteiger partial charge in [-0.25, -0.2) is 0 Å². The summed E-state index contributed by atoms with van der Waals surface area (Å²) in [6.45, 7) is 11.2. The van der Waals surface area contributed by atoms with Crippen LogP contribution in [0.4, 0.5) is 0 Å². The Labute approximate surface area is 164 Å². The molecule has 0 aliphatic heterocycles. The number of thiazole rings is 1. The van der Waals surface area contributed by atoms with E-state index in [2.05, 4.69) is 36.7 Å². The minimum absolute atomic E-state index is 0.0508. The first-order chi connectivity index (χ1) is 12.0. The average molecular weight is 413 g/mol. The van der Waals surface area contributed by atoms with Crippen molar-refractivity contribution >= 4 is 33.0 Å². The lowest BCUT2D eigenvalue weighted by atomic mass is 9.93. The molecule has 1 saturated carbocycles. The molecule has 0 bridgehead atoms. The molecule has 1 heterocycles. The molecule has 7 heteroatoms. The molecule has 0 spiro atoms. The third-order valence-electron chi connectivity index (χ3n) is 4.62. The third kappa shape index (κ3) is 4.07. The Kier molecular flexibility index (Phi) is 5.14. The van der Waals surface area contributed by atoms with Gasteiger partial charge in [0.25, 0.3) is 10.0 Å². The number of rotatable bonds is 4. The smallest absolute Gasteiger partial charge is 0.285 e. The zero-order valence-corrected chi connectivity index (χ0v) is 18.2. The van der Waals surface area contributed by atoms with Crippen LogP contribution in [0.1, 0.15) is 49.7 Å². The SMILES string of the molecule is Cc1ccc(S(=O)(=O)/N=c2\sc(C(C)(C)C)c(C)n2CC2CC2)cc1Cl. The molecule has 142 valence electrons. The molecule has 1 aromatic heterocycles. The number of hydrogen-bond acceptors (Lipinski definition) is 3. The minimum Gasteiger partial charge on any atom is -0.320 e. The standard InChI is InChI=1S/C19H25ClN2O2S2/c1-12-6-9-15(10-16(12)20)26(23,24)21-18-22(11-14-7-8-14)13(2)17(25-18)19(3,4)5/h6,9-10,14H,7-8,11H2,1-5H3/b21-18-. The van der Waals surface area contributed by atoms with Crippen LogP contribution in [0.15, 0.2) is 27.5 Å². The van der Waals surface area contributed by atoms with Crippen molar-refractivity contribution in [3.8, 4) is 0 Å². The van der Waals surface area contributed by atoms with E-state index >= 15 is 0 Å². The first-order valence-corrected chi connectivity index (χ1v) is 11.4. The second-order valence-corrected chi connectivity index (χ2v) is 11.1. The Hall–Kier alpha value is -1.11. The highest BCUT2D eigenvalue weighted by Crippen LogP contribution is 2.33. The predicted octanol–water partition coefficient (Wildman–Crippen LogP) is 4.82. The monoisotopic (exact) mass is 412 g/mol. The third-order valence-corrected chi connectivity index (χ3v) is 8.01. The summed E-state index contributed by atoms with van der Waals surface area (Å²) >= 11 is 7.59. The number of nitrogens with zero attached hydrogens (tertiary/aromatic N) is 2. The molecule has 0 radical (unpaired) electrons. The molecule has 1 aromatic carbocycles. The molecular formula is C19H25ClN2O2S2. The molecule has 0 N–H and O–H groups in total. The summed E-state index contributed by atoms with van der Waals surface area (Å²) in [5, 5.41) is 0.435. The minimum atomic E-state index is -3.81. The number of aryl methyl sites for hydroxylation is 1. The lowest BCUT2D eigenvalue weighted by Gasteiger charge is -2.17. The maximum Gasteiger partial charge on any atom is 0.285 e. The molecule has 0 unspecified atom stereocenters. The molecule has 1 aliphatic carbocycles. The average Bonchev–Trinajstić information content (AvgIpc) is 3.28. The van der Waals surface area contributed by atoms with Gasteiger partial charge in [-0.2, -0.15) is 8.42 Å². The van der Waals surface area contributed by atoms with Crippen LogP contribution in [0, 0.1) is 19.8 Å². The normalized spacial score (nSPS) is 16.3. The number of benzene rings is 1. The van der Waals surface area contributed by atoms with Crippen LogP contribution in [0.25, 0.3) is 0 Å². The fourth-order valence-electron chi connectivity index (χ4n) is 2.91. The molecule has 0 atom stereocenters. The van der Waals surface area contributed by atoms with E-state index in [4.69, 9.17) is 11.6 Å². The molecule has 0 amide bonds. The number of halogens is 1. The summed E-state index contributed by atoms with van der Waals surface area (Å²) in [6, 6.07) is 4.76. The van der Waals surface area contributed by atoms with E-state index in [0.29, 0.717) is 15.7 Å². The number of aromatic nitrogens is 1. The van der Waals surface area contributed by atoms with Crippen molar-refractivity contribution in [3.63, 3.8) is 0 Å². The van der Waals surface area contributed by atoms with E-state index in [1.54, 1.807) is 12.1 Å². The largest absolute Gasteiger partial charge is 0.320 e. The van der Waals surface area contributed by atoms with Gasteiger partial charge in [0.05, 0.1) is 4.90 Å². The van der Waals surface area contributed by atoms with Crippen LogP contribution in [-0.2, 0) is 22.0 Å². The molecule has 1 fully saturated rings. The van der Waals surface area contributed by atoms with Gasteiger partial charge in [-0.3, -0.25) is 0 Å². The summed E-state index contributed by atoms with van der Waals surface area (Å²) in [5.41, 5.74) is 1.91. The Morgan fingerprint density at radius 2 is 1.92 bits per heavy atom. The summed E-state index contributed by atoms with van der Waals surface area (Å²) < 4.78 is 32.0. The van der Waals surface area contributed by atoms with Gasteiger partial charge in [-0.05, 0) is 55.7 Å². The van der Waals surface area contributed by atoms with Crippen molar-refractivity contribution in [1.29, 1.82) is 0 Å². The molecule has 3 rings (SSSR count). The lowest BCUT2D eigenvalue weighted by molar-refractivity contribution is 0.562. The quantitative estimate of drug-likeness (QED) is 0.722. The molecular weight excluding hydrogens is 388 g/mol. The Morgan fingerprint density at radius 1 is 1.27 bits per heavy atom. The van der Waals surface area contributed by atoms with Crippen LogP contribution in [0.3, 0.4) is 0 Å². The molecule has 1 aliphatic rings. The lowest BCUT2D eigenvalue weighted by Crippen LogP contribution is -2.20. The van der Waals surface area contributed by atoms with E-state index in [9.17, 15) is 8.42 Å². The van der Waals surface area contributed by atoms with Crippen molar-refractivity contribution in [2.75, 3.05) is 0 Å². The predicted molar refractivity (Wildman–Crippen MR) is 107 cm³/mol. The maximum absolute atomic E-state index is 12.9. The van der Waals surface area contributed by atoms with E-state index in [-0.39, 0.29) is 10.3 Å². The van der Waals surface area contributed by atoms with Crippen molar-refractivity contribution in [3.05, 3.63) is 44.2 Å². The topological polar surface area (TPSA) is 51.4 Å². The summed E-state index contributed by atoms with van der Waals surface area (Å²) in [6.07, 6.45) is 2.40.